The molecule has 0 aliphatic carbocycles. The van der Waals surface area contributed by atoms with E-state index < -0.39 is 0 Å². The van der Waals surface area contributed by atoms with E-state index in [4.69, 9.17) is 9.47 Å². The minimum absolute atomic E-state index is 0.0960. The van der Waals surface area contributed by atoms with Gasteiger partial charge >= 0.3 is 0 Å². The summed E-state index contributed by atoms with van der Waals surface area (Å²) in [6, 6.07) is 3.99. The van der Waals surface area contributed by atoms with Gasteiger partial charge in [-0.2, -0.15) is 0 Å². The fourth-order valence-corrected chi connectivity index (χ4v) is 2.27. The first-order valence-corrected chi connectivity index (χ1v) is 7.68. The molecule has 0 bridgehead atoms. The first-order valence-electron chi connectivity index (χ1n) is 6.89. The van der Waals surface area contributed by atoms with E-state index >= 15 is 0 Å². The lowest BCUT2D eigenvalue weighted by atomic mass is 10.1. The zero-order chi connectivity index (χ0) is 15.1. The van der Waals surface area contributed by atoms with Crippen molar-refractivity contribution in [1.82, 2.24) is 5.32 Å². The van der Waals surface area contributed by atoms with Crippen molar-refractivity contribution in [3.63, 3.8) is 0 Å². The van der Waals surface area contributed by atoms with Crippen LogP contribution in [0.4, 0.5) is 0 Å². The molecular weight excluding hydrogens is 322 g/mol. The minimum Gasteiger partial charge on any atom is -0.493 e. The third kappa shape index (κ3) is 4.96. The molecule has 0 aromatic heterocycles. The zero-order valence-corrected chi connectivity index (χ0v) is 14.2. The second-order valence-electron chi connectivity index (χ2n) is 4.93. The third-order valence-corrected chi connectivity index (χ3v) is 3.73. The Morgan fingerprint density at radius 2 is 2.00 bits per heavy atom. The van der Waals surface area contributed by atoms with Gasteiger partial charge < -0.3 is 19.9 Å². The van der Waals surface area contributed by atoms with E-state index in [9.17, 15) is 5.11 Å². The summed E-state index contributed by atoms with van der Waals surface area (Å²) in [7, 11) is 1.64. The number of aliphatic hydroxyl groups is 1. The predicted molar refractivity (Wildman–Crippen MR) is 84.5 cm³/mol. The number of nitrogens with one attached hydrogen (secondary N) is 1. The van der Waals surface area contributed by atoms with Crippen LogP contribution in [0.2, 0.25) is 0 Å². The van der Waals surface area contributed by atoms with Gasteiger partial charge in [-0.25, -0.2) is 0 Å². The average molecular weight is 346 g/mol. The first-order chi connectivity index (χ1) is 9.51. The molecule has 0 amide bonds. The van der Waals surface area contributed by atoms with E-state index in [-0.39, 0.29) is 18.8 Å². The van der Waals surface area contributed by atoms with E-state index in [1.807, 2.05) is 32.9 Å². The van der Waals surface area contributed by atoms with Crippen LogP contribution in [0.1, 0.15) is 32.8 Å². The molecule has 0 radical (unpaired) electrons. The van der Waals surface area contributed by atoms with Crippen LogP contribution in [0.5, 0.6) is 11.5 Å². The van der Waals surface area contributed by atoms with Gasteiger partial charge in [0.25, 0.3) is 0 Å². The van der Waals surface area contributed by atoms with Crippen LogP contribution in [0.25, 0.3) is 0 Å². The smallest absolute Gasteiger partial charge is 0.162 e. The molecule has 0 saturated heterocycles. The fraction of sp³-hybridized carbons (Fsp3) is 0.600. The lowest BCUT2D eigenvalue weighted by molar-refractivity contribution is 0.229. The maximum atomic E-state index is 9.20. The summed E-state index contributed by atoms with van der Waals surface area (Å²) in [6.07, 6.45) is 0.985. The molecule has 1 rings (SSSR count). The molecule has 20 heavy (non-hydrogen) atoms. The summed E-state index contributed by atoms with van der Waals surface area (Å²) in [6.45, 7) is 6.81. The minimum atomic E-state index is 0.0960. The maximum Gasteiger partial charge on any atom is 0.162 e. The summed E-state index contributed by atoms with van der Waals surface area (Å²) in [5, 5.41) is 12.5. The molecule has 1 atom stereocenters. The monoisotopic (exact) mass is 345 g/mol. The van der Waals surface area contributed by atoms with Gasteiger partial charge in [0.15, 0.2) is 11.5 Å². The summed E-state index contributed by atoms with van der Waals surface area (Å²) >= 11 is 3.56. The van der Waals surface area contributed by atoms with Gasteiger partial charge in [-0.3, -0.25) is 0 Å². The normalized spacial score (nSPS) is 12.6. The lowest BCUT2D eigenvalue weighted by Gasteiger charge is -2.18. The second kappa shape index (κ2) is 8.49. The molecule has 0 saturated carbocycles. The van der Waals surface area contributed by atoms with Crippen molar-refractivity contribution in [2.45, 2.75) is 45.9 Å². The Labute approximate surface area is 129 Å². The van der Waals surface area contributed by atoms with Gasteiger partial charge in [0.1, 0.15) is 0 Å². The van der Waals surface area contributed by atoms with E-state index in [0.29, 0.717) is 6.54 Å². The number of hydrogen-bond acceptors (Lipinski definition) is 4. The number of rotatable bonds is 8. The zero-order valence-electron chi connectivity index (χ0n) is 12.6. The molecule has 0 aliphatic rings. The summed E-state index contributed by atoms with van der Waals surface area (Å²) < 4.78 is 12.1. The van der Waals surface area contributed by atoms with Gasteiger partial charge in [-0.1, -0.05) is 22.9 Å². The number of halogens is 1. The van der Waals surface area contributed by atoms with Crippen molar-refractivity contribution >= 4 is 15.9 Å². The van der Waals surface area contributed by atoms with Crippen molar-refractivity contribution in [2.75, 3.05) is 13.7 Å². The third-order valence-electron chi connectivity index (χ3n) is 2.99. The van der Waals surface area contributed by atoms with Crippen molar-refractivity contribution in [3.8, 4) is 11.5 Å². The molecule has 1 aromatic rings. The first kappa shape index (κ1) is 17.3. The van der Waals surface area contributed by atoms with Crippen molar-refractivity contribution < 1.29 is 14.6 Å². The highest BCUT2D eigenvalue weighted by Crippen LogP contribution is 2.34. The Hall–Kier alpha value is -0.780. The van der Waals surface area contributed by atoms with Gasteiger partial charge in [0.05, 0.1) is 19.8 Å². The molecule has 1 unspecified atom stereocenters. The van der Waals surface area contributed by atoms with Crippen LogP contribution in [0.3, 0.4) is 0 Å². The number of hydrogen-bond donors (Lipinski definition) is 2. The number of ether oxygens (including phenoxy) is 2. The Bertz CT molecular complexity index is 420. The molecule has 0 aliphatic heterocycles. The van der Waals surface area contributed by atoms with Crippen LogP contribution in [-0.2, 0) is 6.54 Å². The highest BCUT2D eigenvalue weighted by atomic mass is 79.9. The highest BCUT2D eigenvalue weighted by Gasteiger charge is 2.12. The summed E-state index contributed by atoms with van der Waals surface area (Å²) in [5.74, 6) is 1.45. The molecule has 0 spiro atoms. The maximum absolute atomic E-state index is 9.20. The highest BCUT2D eigenvalue weighted by molar-refractivity contribution is 9.10. The lowest BCUT2D eigenvalue weighted by Crippen LogP contribution is -2.31. The van der Waals surface area contributed by atoms with Gasteiger partial charge in [0.2, 0.25) is 0 Å². The number of methoxy groups -OCH3 is 1. The van der Waals surface area contributed by atoms with Crippen LogP contribution < -0.4 is 14.8 Å². The van der Waals surface area contributed by atoms with Crippen molar-refractivity contribution in [2.24, 2.45) is 0 Å². The van der Waals surface area contributed by atoms with Crippen molar-refractivity contribution in [1.29, 1.82) is 0 Å². The Morgan fingerprint density at radius 1 is 1.30 bits per heavy atom. The van der Waals surface area contributed by atoms with E-state index in [1.54, 1.807) is 7.11 Å². The largest absolute Gasteiger partial charge is 0.493 e. The molecule has 0 fully saturated rings. The fourth-order valence-electron chi connectivity index (χ4n) is 1.81. The molecule has 114 valence electrons. The molecule has 5 heteroatoms. The van der Waals surface area contributed by atoms with Crippen LogP contribution in [-0.4, -0.2) is 31.0 Å². The Morgan fingerprint density at radius 3 is 2.50 bits per heavy atom. The predicted octanol–water partition coefficient (Wildman–Crippen LogP) is 3.11. The SMILES string of the molecule is CCC(CO)NCc1cc(OC)c(OC(C)C)cc1Br. The average Bonchev–Trinajstić information content (AvgIpc) is 2.41. The van der Waals surface area contributed by atoms with E-state index in [2.05, 4.69) is 21.2 Å². The molecule has 4 nitrogen and oxygen atoms in total. The van der Waals surface area contributed by atoms with Gasteiger partial charge in [0, 0.05) is 17.1 Å². The van der Waals surface area contributed by atoms with Crippen LogP contribution in [0.15, 0.2) is 16.6 Å². The van der Waals surface area contributed by atoms with E-state index in [0.717, 1.165) is 28.0 Å². The quantitative estimate of drug-likeness (QED) is 0.760. The van der Waals surface area contributed by atoms with Gasteiger partial charge in [-0.05, 0) is 38.0 Å². The topological polar surface area (TPSA) is 50.7 Å². The molecular formula is C15H24BrNO3. The van der Waals surface area contributed by atoms with Crippen LogP contribution in [0, 0.1) is 0 Å². The van der Waals surface area contributed by atoms with Gasteiger partial charge in [-0.15, -0.1) is 0 Å². The summed E-state index contributed by atoms with van der Waals surface area (Å²) in [5.41, 5.74) is 1.07. The number of aliphatic hydroxyl groups excluding tert-OH is 1. The Kier molecular flexibility index (Phi) is 7.34. The summed E-state index contributed by atoms with van der Waals surface area (Å²) in [4.78, 5) is 0. The molecule has 1 aromatic carbocycles. The Balaban J connectivity index is 2.87. The molecule has 2 N–H and O–H groups in total. The van der Waals surface area contributed by atoms with Crippen LogP contribution >= 0.6 is 15.9 Å². The van der Waals surface area contributed by atoms with E-state index in [1.165, 1.54) is 0 Å². The molecule has 0 heterocycles. The number of benzene rings is 1. The standard InChI is InChI=1S/C15H24BrNO3/c1-5-12(9-18)17-8-11-6-14(19-4)15(7-13(11)16)20-10(2)3/h6-7,10,12,17-18H,5,8-9H2,1-4H3. The second-order valence-corrected chi connectivity index (χ2v) is 5.78. The van der Waals surface area contributed by atoms with Crippen molar-refractivity contribution in [3.05, 3.63) is 22.2 Å².